The molecule has 0 bridgehead atoms. The number of carbonyl (C=O) groups is 1. The Morgan fingerprint density at radius 1 is 1.56 bits per heavy atom. The van der Waals surface area contributed by atoms with Gasteiger partial charge in [0.1, 0.15) is 17.2 Å². The number of anilines is 1. The summed E-state index contributed by atoms with van der Waals surface area (Å²) in [7, 11) is 0. The van der Waals surface area contributed by atoms with Crippen LogP contribution in [0.1, 0.15) is 29.0 Å². The number of ether oxygens (including phenoxy) is 1. The van der Waals surface area contributed by atoms with Crippen molar-refractivity contribution in [1.82, 2.24) is 9.97 Å². The summed E-state index contributed by atoms with van der Waals surface area (Å²) in [6.45, 7) is 4.02. The first kappa shape index (κ1) is 12.8. The molecule has 0 unspecified atom stereocenters. The Hall–Kier alpha value is -1.69. The van der Waals surface area contributed by atoms with Crippen LogP contribution >= 0.6 is 0 Å². The van der Waals surface area contributed by atoms with Crippen molar-refractivity contribution in [3.05, 3.63) is 17.6 Å². The van der Waals surface area contributed by atoms with E-state index in [9.17, 15) is 4.79 Å². The highest BCUT2D eigenvalue weighted by Crippen LogP contribution is 2.17. The van der Waals surface area contributed by atoms with Gasteiger partial charge in [-0.1, -0.05) is 0 Å². The van der Waals surface area contributed by atoms with E-state index in [0.29, 0.717) is 17.6 Å². The molecule has 0 atom stereocenters. The molecule has 1 aromatic heterocycles. The van der Waals surface area contributed by atoms with E-state index in [4.69, 9.17) is 9.84 Å². The zero-order valence-corrected chi connectivity index (χ0v) is 10.3. The van der Waals surface area contributed by atoms with Gasteiger partial charge < -0.3 is 15.2 Å². The van der Waals surface area contributed by atoms with Gasteiger partial charge >= 0.3 is 5.97 Å². The summed E-state index contributed by atoms with van der Waals surface area (Å²) in [4.78, 5) is 19.1. The van der Waals surface area contributed by atoms with Gasteiger partial charge in [0.25, 0.3) is 0 Å². The third-order valence-corrected chi connectivity index (χ3v) is 3.04. The summed E-state index contributed by atoms with van der Waals surface area (Å²) < 4.78 is 5.29. The molecule has 18 heavy (non-hydrogen) atoms. The summed E-state index contributed by atoms with van der Waals surface area (Å²) in [5.41, 5.74) is 0.118. The largest absolute Gasteiger partial charge is 0.477 e. The maximum absolute atomic E-state index is 11.0. The molecule has 0 aromatic carbocycles. The second-order valence-electron chi connectivity index (χ2n) is 4.42. The van der Waals surface area contributed by atoms with Crippen molar-refractivity contribution in [2.45, 2.75) is 19.8 Å². The first-order valence-electron chi connectivity index (χ1n) is 6.05. The molecule has 1 fully saturated rings. The summed E-state index contributed by atoms with van der Waals surface area (Å²) in [6.07, 6.45) is 3.34. The Bertz CT molecular complexity index is 431. The number of nitrogens with zero attached hydrogens (tertiary/aromatic N) is 2. The lowest BCUT2D eigenvalue weighted by molar-refractivity contribution is 0.0688. The van der Waals surface area contributed by atoms with Crippen LogP contribution in [0.15, 0.2) is 6.20 Å². The maximum atomic E-state index is 11.0. The third-order valence-electron chi connectivity index (χ3n) is 3.04. The number of aryl methyl sites for hydroxylation is 1. The molecular formula is C12H17N3O3. The van der Waals surface area contributed by atoms with E-state index in [1.165, 1.54) is 6.20 Å². The monoisotopic (exact) mass is 251 g/mol. The third kappa shape index (κ3) is 3.16. The minimum absolute atomic E-state index is 0.118. The van der Waals surface area contributed by atoms with E-state index < -0.39 is 5.97 Å². The SMILES string of the molecule is Cc1ncc(C(=O)O)c(NCC2CCOCC2)n1. The van der Waals surface area contributed by atoms with Gasteiger partial charge in [-0.25, -0.2) is 14.8 Å². The predicted molar refractivity (Wildman–Crippen MR) is 65.8 cm³/mol. The molecule has 1 aromatic rings. The number of hydrogen-bond donors (Lipinski definition) is 2. The molecule has 0 spiro atoms. The summed E-state index contributed by atoms with van der Waals surface area (Å²) >= 11 is 0. The topological polar surface area (TPSA) is 84.3 Å². The van der Waals surface area contributed by atoms with Gasteiger partial charge in [0.05, 0.1) is 0 Å². The van der Waals surface area contributed by atoms with Crippen molar-refractivity contribution in [1.29, 1.82) is 0 Å². The number of aromatic carboxylic acids is 1. The average molecular weight is 251 g/mol. The highest BCUT2D eigenvalue weighted by Gasteiger charge is 2.16. The van der Waals surface area contributed by atoms with E-state index in [2.05, 4.69) is 15.3 Å². The van der Waals surface area contributed by atoms with Crippen molar-refractivity contribution < 1.29 is 14.6 Å². The van der Waals surface area contributed by atoms with E-state index in [1.54, 1.807) is 6.92 Å². The summed E-state index contributed by atoms with van der Waals surface area (Å²) in [5, 5.41) is 12.2. The van der Waals surface area contributed by atoms with Crippen LogP contribution in [0.3, 0.4) is 0 Å². The maximum Gasteiger partial charge on any atom is 0.341 e. The average Bonchev–Trinajstić information content (AvgIpc) is 2.37. The molecule has 6 nitrogen and oxygen atoms in total. The number of nitrogens with one attached hydrogen (secondary N) is 1. The van der Waals surface area contributed by atoms with Crippen molar-refractivity contribution in [3.8, 4) is 0 Å². The fraction of sp³-hybridized carbons (Fsp3) is 0.583. The fourth-order valence-electron chi connectivity index (χ4n) is 1.95. The Morgan fingerprint density at radius 3 is 2.94 bits per heavy atom. The van der Waals surface area contributed by atoms with Gasteiger partial charge in [-0.3, -0.25) is 0 Å². The van der Waals surface area contributed by atoms with Gasteiger partial charge in [-0.05, 0) is 25.7 Å². The normalized spacial score (nSPS) is 16.5. The van der Waals surface area contributed by atoms with Crippen molar-refractivity contribution in [2.75, 3.05) is 25.1 Å². The van der Waals surface area contributed by atoms with Crippen LogP contribution in [0, 0.1) is 12.8 Å². The second-order valence-corrected chi connectivity index (χ2v) is 4.42. The second kappa shape index (κ2) is 5.77. The zero-order valence-electron chi connectivity index (χ0n) is 10.3. The molecule has 6 heteroatoms. The van der Waals surface area contributed by atoms with Gasteiger partial charge in [0.15, 0.2) is 0 Å². The number of hydrogen-bond acceptors (Lipinski definition) is 5. The Kier molecular flexibility index (Phi) is 4.09. The standard InChI is InChI=1S/C12H17N3O3/c1-8-13-7-10(12(16)17)11(15-8)14-6-9-2-4-18-5-3-9/h7,9H,2-6H2,1H3,(H,16,17)(H,13,14,15). The van der Waals surface area contributed by atoms with Crippen LogP contribution in [-0.2, 0) is 4.74 Å². The number of aromatic nitrogens is 2. The van der Waals surface area contributed by atoms with Gasteiger partial charge in [0.2, 0.25) is 0 Å². The molecule has 0 aliphatic carbocycles. The van der Waals surface area contributed by atoms with E-state index in [0.717, 1.165) is 32.6 Å². The van der Waals surface area contributed by atoms with Crippen LogP contribution in [0.4, 0.5) is 5.82 Å². The molecule has 1 saturated heterocycles. The molecule has 0 amide bonds. The molecule has 2 heterocycles. The summed E-state index contributed by atoms with van der Waals surface area (Å²) in [5.74, 6) is 0.469. The molecule has 1 aliphatic heterocycles. The van der Waals surface area contributed by atoms with Crippen molar-refractivity contribution >= 4 is 11.8 Å². The summed E-state index contributed by atoms with van der Waals surface area (Å²) in [6, 6.07) is 0. The minimum Gasteiger partial charge on any atom is -0.477 e. The van der Waals surface area contributed by atoms with Crippen LogP contribution in [0.5, 0.6) is 0 Å². The van der Waals surface area contributed by atoms with Gasteiger partial charge in [-0.2, -0.15) is 0 Å². The Morgan fingerprint density at radius 2 is 2.28 bits per heavy atom. The minimum atomic E-state index is -1.01. The van der Waals surface area contributed by atoms with Gasteiger partial charge in [0, 0.05) is 26.0 Å². The van der Waals surface area contributed by atoms with E-state index >= 15 is 0 Å². The first-order chi connectivity index (χ1) is 8.66. The lowest BCUT2D eigenvalue weighted by atomic mass is 10.0. The lowest BCUT2D eigenvalue weighted by Gasteiger charge is -2.22. The molecule has 1 aliphatic rings. The molecule has 0 radical (unpaired) electrons. The highest BCUT2D eigenvalue weighted by atomic mass is 16.5. The predicted octanol–water partition coefficient (Wildman–Crippen LogP) is 1.32. The first-order valence-corrected chi connectivity index (χ1v) is 6.05. The smallest absolute Gasteiger partial charge is 0.341 e. The van der Waals surface area contributed by atoms with Crippen molar-refractivity contribution in [2.24, 2.45) is 5.92 Å². The van der Waals surface area contributed by atoms with Crippen LogP contribution in [0.25, 0.3) is 0 Å². The van der Waals surface area contributed by atoms with Crippen LogP contribution in [-0.4, -0.2) is 40.8 Å². The molecule has 98 valence electrons. The molecule has 2 rings (SSSR count). The lowest BCUT2D eigenvalue weighted by Crippen LogP contribution is -2.23. The number of carboxylic acid groups (broad SMARTS) is 1. The molecular weight excluding hydrogens is 234 g/mol. The zero-order chi connectivity index (χ0) is 13.0. The highest BCUT2D eigenvalue weighted by molar-refractivity contribution is 5.92. The van der Waals surface area contributed by atoms with Gasteiger partial charge in [-0.15, -0.1) is 0 Å². The molecule has 0 saturated carbocycles. The Labute approximate surface area is 105 Å². The number of carboxylic acids is 1. The fourth-order valence-corrected chi connectivity index (χ4v) is 1.95. The van der Waals surface area contributed by atoms with Crippen LogP contribution in [0.2, 0.25) is 0 Å². The number of rotatable bonds is 4. The Balaban J connectivity index is 2.03. The van der Waals surface area contributed by atoms with Crippen molar-refractivity contribution in [3.63, 3.8) is 0 Å². The van der Waals surface area contributed by atoms with Crippen LogP contribution < -0.4 is 5.32 Å². The molecule has 2 N–H and O–H groups in total. The van der Waals surface area contributed by atoms with E-state index in [-0.39, 0.29) is 5.56 Å². The van der Waals surface area contributed by atoms with E-state index in [1.807, 2.05) is 0 Å². The quantitative estimate of drug-likeness (QED) is 0.839.